The molecule has 25 heavy (non-hydrogen) atoms. The fraction of sp³-hybridized carbons (Fsp3) is 0.526. The van der Waals surface area contributed by atoms with Crippen LogP contribution in [0.2, 0.25) is 0 Å². The molecule has 0 saturated carbocycles. The maximum Gasteiger partial charge on any atom is 0.314 e. The van der Waals surface area contributed by atoms with Crippen molar-refractivity contribution < 1.29 is 23.9 Å². The maximum absolute atomic E-state index is 12.1. The first-order chi connectivity index (χ1) is 11.8. The largest absolute Gasteiger partial charge is 0.422 e. The maximum atomic E-state index is 12.1. The normalized spacial score (nSPS) is 13.0. The predicted molar refractivity (Wildman–Crippen MR) is 94.9 cm³/mol. The van der Waals surface area contributed by atoms with Crippen LogP contribution in [-0.4, -0.2) is 31.3 Å². The number of Topliss-reactive ketones (excluding diaryl/α,β-unsaturated/α-hetero) is 1. The number of ether oxygens (including phenoxy) is 2. The lowest BCUT2D eigenvalue weighted by Crippen LogP contribution is -2.21. The van der Waals surface area contributed by atoms with Gasteiger partial charge in [0.15, 0.2) is 17.3 Å². The van der Waals surface area contributed by atoms with Crippen molar-refractivity contribution in [2.75, 3.05) is 13.6 Å². The Labute approximate surface area is 148 Å². The SMILES string of the molecule is CCC(C)C(=O)Oc1ccc(C(=O)CNC)cc1OC(=O)C(C)CC. The third-order valence-corrected chi connectivity index (χ3v) is 4.05. The third-order valence-electron chi connectivity index (χ3n) is 4.05. The van der Waals surface area contributed by atoms with Gasteiger partial charge in [-0.25, -0.2) is 0 Å². The molecule has 0 fully saturated rings. The number of benzene rings is 1. The van der Waals surface area contributed by atoms with Gasteiger partial charge in [-0.05, 0) is 38.1 Å². The quantitative estimate of drug-likeness (QED) is 0.419. The summed E-state index contributed by atoms with van der Waals surface area (Å²) in [5, 5.41) is 2.78. The van der Waals surface area contributed by atoms with Gasteiger partial charge in [0.2, 0.25) is 0 Å². The Morgan fingerprint density at radius 2 is 1.48 bits per heavy atom. The molecule has 0 amide bonds. The van der Waals surface area contributed by atoms with Gasteiger partial charge in [-0.3, -0.25) is 14.4 Å². The molecule has 2 atom stereocenters. The van der Waals surface area contributed by atoms with Crippen molar-refractivity contribution in [3.8, 4) is 11.5 Å². The van der Waals surface area contributed by atoms with Gasteiger partial charge in [0.1, 0.15) is 0 Å². The van der Waals surface area contributed by atoms with Gasteiger partial charge in [-0.15, -0.1) is 0 Å². The molecule has 1 rings (SSSR count). The minimum absolute atomic E-state index is 0.0870. The van der Waals surface area contributed by atoms with Crippen LogP contribution in [0.3, 0.4) is 0 Å². The molecule has 0 aromatic heterocycles. The van der Waals surface area contributed by atoms with Gasteiger partial charge in [-0.1, -0.05) is 27.7 Å². The van der Waals surface area contributed by atoms with E-state index in [-0.39, 0.29) is 35.7 Å². The molecule has 0 radical (unpaired) electrons. The van der Waals surface area contributed by atoms with E-state index >= 15 is 0 Å². The highest BCUT2D eigenvalue weighted by Crippen LogP contribution is 2.30. The van der Waals surface area contributed by atoms with Crippen LogP contribution in [0, 0.1) is 11.8 Å². The van der Waals surface area contributed by atoms with E-state index in [0.717, 1.165) is 0 Å². The summed E-state index contributed by atoms with van der Waals surface area (Å²) in [7, 11) is 1.67. The predicted octanol–water partition coefficient (Wildman–Crippen LogP) is 2.99. The Balaban J connectivity index is 3.14. The van der Waals surface area contributed by atoms with Gasteiger partial charge in [0.25, 0.3) is 0 Å². The van der Waals surface area contributed by atoms with Crippen molar-refractivity contribution in [1.29, 1.82) is 0 Å². The smallest absolute Gasteiger partial charge is 0.314 e. The minimum Gasteiger partial charge on any atom is -0.422 e. The number of esters is 2. The summed E-state index contributed by atoms with van der Waals surface area (Å²) in [5.41, 5.74) is 0.379. The number of rotatable bonds is 9. The van der Waals surface area contributed by atoms with Crippen molar-refractivity contribution in [2.24, 2.45) is 11.8 Å². The summed E-state index contributed by atoms with van der Waals surface area (Å²) in [6, 6.07) is 4.49. The molecule has 6 heteroatoms. The second-order valence-corrected chi connectivity index (χ2v) is 6.08. The summed E-state index contributed by atoms with van der Waals surface area (Å²) >= 11 is 0. The summed E-state index contributed by atoms with van der Waals surface area (Å²) in [5.74, 6) is -1.33. The molecule has 6 nitrogen and oxygen atoms in total. The highest BCUT2D eigenvalue weighted by molar-refractivity contribution is 5.98. The van der Waals surface area contributed by atoms with E-state index in [2.05, 4.69) is 5.32 Å². The van der Waals surface area contributed by atoms with Crippen molar-refractivity contribution in [2.45, 2.75) is 40.5 Å². The highest BCUT2D eigenvalue weighted by atomic mass is 16.6. The zero-order valence-electron chi connectivity index (χ0n) is 15.5. The van der Waals surface area contributed by atoms with Crippen LogP contribution in [0.4, 0.5) is 0 Å². The second kappa shape index (κ2) is 9.93. The van der Waals surface area contributed by atoms with Gasteiger partial charge in [-0.2, -0.15) is 0 Å². The van der Waals surface area contributed by atoms with Gasteiger partial charge in [0.05, 0.1) is 18.4 Å². The first-order valence-electron chi connectivity index (χ1n) is 8.59. The number of hydrogen-bond donors (Lipinski definition) is 1. The number of hydrogen-bond acceptors (Lipinski definition) is 6. The number of carbonyl (C=O) groups excluding carboxylic acids is 3. The van der Waals surface area contributed by atoms with E-state index in [9.17, 15) is 14.4 Å². The fourth-order valence-corrected chi connectivity index (χ4v) is 1.86. The first kappa shape index (κ1) is 20.8. The molecular weight excluding hydrogens is 322 g/mol. The van der Waals surface area contributed by atoms with Crippen LogP contribution in [0.1, 0.15) is 50.9 Å². The number of nitrogens with one attached hydrogen (secondary N) is 1. The fourth-order valence-electron chi connectivity index (χ4n) is 1.86. The Hall–Kier alpha value is -2.21. The standard InChI is InChI=1S/C19H27NO5/c1-6-12(3)18(22)24-16-9-8-14(15(21)11-20-5)10-17(16)25-19(23)13(4)7-2/h8-10,12-13,20H,6-7,11H2,1-5H3. The van der Waals surface area contributed by atoms with Crippen molar-refractivity contribution in [3.05, 3.63) is 23.8 Å². The van der Waals surface area contributed by atoms with E-state index < -0.39 is 11.9 Å². The summed E-state index contributed by atoms with van der Waals surface area (Å²) in [4.78, 5) is 36.2. The zero-order valence-corrected chi connectivity index (χ0v) is 15.5. The molecule has 0 bridgehead atoms. The van der Waals surface area contributed by atoms with Crippen molar-refractivity contribution in [1.82, 2.24) is 5.32 Å². The molecule has 0 saturated heterocycles. The molecule has 0 aliphatic heterocycles. The van der Waals surface area contributed by atoms with Gasteiger partial charge < -0.3 is 14.8 Å². The molecule has 0 heterocycles. The highest BCUT2D eigenvalue weighted by Gasteiger charge is 2.21. The lowest BCUT2D eigenvalue weighted by molar-refractivity contribution is -0.141. The van der Waals surface area contributed by atoms with Gasteiger partial charge in [0, 0.05) is 5.56 Å². The van der Waals surface area contributed by atoms with Crippen LogP contribution in [-0.2, 0) is 9.59 Å². The molecule has 0 aliphatic rings. The van der Waals surface area contributed by atoms with Crippen LogP contribution in [0.25, 0.3) is 0 Å². The van der Waals surface area contributed by atoms with Gasteiger partial charge >= 0.3 is 11.9 Å². The lowest BCUT2D eigenvalue weighted by Gasteiger charge is -2.15. The van der Waals surface area contributed by atoms with E-state index in [1.54, 1.807) is 27.0 Å². The van der Waals surface area contributed by atoms with Crippen molar-refractivity contribution >= 4 is 17.7 Å². The molecule has 1 aromatic carbocycles. The van der Waals surface area contributed by atoms with Crippen LogP contribution in [0.5, 0.6) is 11.5 Å². The second-order valence-electron chi connectivity index (χ2n) is 6.08. The first-order valence-corrected chi connectivity index (χ1v) is 8.59. The van der Waals surface area contributed by atoms with E-state index in [1.165, 1.54) is 12.1 Å². The molecule has 0 aliphatic carbocycles. The molecule has 1 N–H and O–H groups in total. The topological polar surface area (TPSA) is 81.7 Å². The average molecular weight is 349 g/mol. The van der Waals surface area contributed by atoms with Crippen LogP contribution < -0.4 is 14.8 Å². The Bertz CT molecular complexity index is 626. The third kappa shape index (κ3) is 5.98. The summed E-state index contributed by atoms with van der Waals surface area (Å²) in [6.45, 7) is 7.43. The molecular formula is C19H27NO5. The summed E-state index contributed by atoms with van der Waals surface area (Å²) in [6.07, 6.45) is 1.26. The molecule has 0 spiro atoms. The Morgan fingerprint density at radius 1 is 0.960 bits per heavy atom. The minimum atomic E-state index is -0.429. The zero-order chi connectivity index (χ0) is 19.0. The van der Waals surface area contributed by atoms with Crippen LogP contribution in [0.15, 0.2) is 18.2 Å². The van der Waals surface area contributed by atoms with Crippen molar-refractivity contribution in [3.63, 3.8) is 0 Å². The lowest BCUT2D eigenvalue weighted by atomic mass is 10.1. The van der Waals surface area contributed by atoms with E-state index in [0.29, 0.717) is 18.4 Å². The molecule has 2 unspecified atom stereocenters. The van der Waals surface area contributed by atoms with Crippen LogP contribution >= 0.6 is 0 Å². The average Bonchev–Trinajstić information content (AvgIpc) is 2.61. The van der Waals surface area contributed by atoms with E-state index in [1.807, 2.05) is 13.8 Å². The number of carbonyl (C=O) groups is 3. The summed E-state index contributed by atoms with van der Waals surface area (Å²) < 4.78 is 10.8. The number of ketones is 1. The monoisotopic (exact) mass is 349 g/mol. The number of likely N-dealkylation sites (N-methyl/N-ethyl adjacent to an activating group) is 1. The molecule has 1 aromatic rings. The Kier molecular flexibility index (Phi) is 8.28. The van der Waals surface area contributed by atoms with E-state index in [4.69, 9.17) is 9.47 Å². The molecule has 138 valence electrons. The Morgan fingerprint density at radius 3 is 1.96 bits per heavy atom.